The normalized spacial score (nSPS) is 16.9. The van der Waals surface area contributed by atoms with Gasteiger partial charge in [-0.1, -0.05) is 0 Å². The van der Waals surface area contributed by atoms with E-state index in [1.54, 1.807) is 0 Å². The van der Waals surface area contributed by atoms with Crippen LogP contribution in [0.3, 0.4) is 0 Å². The zero-order valence-corrected chi connectivity index (χ0v) is 15.9. The van der Waals surface area contributed by atoms with Gasteiger partial charge in [-0.25, -0.2) is 4.39 Å². The second kappa shape index (κ2) is 9.92. The van der Waals surface area contributed by atoms with Gasteiger partial charge in [0.05, 0.1) is 10.5 Å². The number of halogens is 1. The highest BCUT2D eigenvalue weighted by atomic mass is 19.1. The van der Waals surface area contributed by atoms with Crippen molar-refractivity contribution in [2.75, 3.05) is 19.7 Å². The Morgan fingerprint density at radius 2 is 2.14 bits per heavy atom. The summed E-state index contributed by atoms with van der Waals surface area (Å²) in [5, 5.41) is 24.7. The van der Waals surface area contributed by atoms with Crippen LogP contribution in [-0.2, 0) is 9.59 Å². The number of hydrogen-bond donors (Lipinski definition) is 3. The molecule has 1 aromatic carbocycles. The van der Waals surface area contributed by atoms with Crippen molar-refractivity contribution in [3.05, 3.63) is 39.7 Å². The Hall–Kier alpha value is -3.08. The summed E-state index contributed by atoms with van der Waals surface area (Å²) in [5.74, 6) is -2.73. The number of nitro benzene ring substituents is 1. The van der Waals surface area contributed by atoms with Gasteiger partial charge in [0.2, 0.25) is 11.8 Å². The summed E-state index contributed by atoms with van der Waals surface area (Å²) in [4.78, 5) is 48.6. The van der Waals surface area contributed by atoms with E-state index >= 15 is 0 Å². The molecule has 0 spiro atoms. The van der Waals surface area contributed by atoms with Crippen molar-refractivity contribution < 1.29 is 28.8 Å². The van der Waals surface area contributed by atoms with Crippen LogP contribution in [0.2, 0.25) is 0 Å². The molecular formula is C18H23FN4O6. The van der Waals surface area contributed by atoms with E-state index < -0.39 is 51.8 Å². The lowest BCUT2D eigenvalue weighted by molar-refractivity contribution is -0.384. The molecule has 2 rings (SSSR count). The molecule has 1 aromatic rings. The number of nitrogens with zero attached hydrogens (tertiary/aromatic N) is 2. The second-order valence-electron chi connectivity index (χ2n) is 6.68. The van der Waals surface area contributed by atoms with Crippen LogP contribution in [0.1, 0.15) is 36.5 Å². The zero-order valence-electron chi connectivity index (χ0n) is 15.9. The molecule has 0 aliphatic carbocycles. The third-order valence-electron chi connectivity index (χ3n) is 4.59. The number of nitrogens with one attached hydrogen (secondary N) is 2. The molecule has 3 N–H and O–H groups in total. The molecule has 3 amide bonds. The standard InChI is InChI=1S/C18H23FN4O6/c1-11(16(25)20-7-3-9-24)21-17(26)15-4-2-8-22(15)18(27)13-10-12(23(28)29)5-6-14(13)19/h5-6,10-11,15,24H,2-4,7-9H2,1H3,(H,20,25)(H,21,26)/t11-,15-/m0/s1. The fourth-order valence-corrected chi connectivity index (χ4v) is 3.05. The molecule has 0 saturated carbocycles. The van der Waals surface area contributed by atoms with Gasteiger partial charge in [-0.05, 0) is 32.3 Å². The van der Waals surface area contributed by atoms with Crippen LogP contribution in [0.15, 0.2) is 18.2 Å². The van der Waals surface area contributed by atoms with E-state index in [-0.39, 0.29) is 19.7 Å². The average molecular weight is 410 g/mol. The van der Waals surface area contributed by atoms with Crippen LogP contribution in [0.5, 0.6) is 0 Å². The first-order valence-electron chi connectivity index (χ1n) is 9.20. The molecule has 10 nitrogen and oxygen atoms in total. The van der Waals surface area contributed by atoms with Crippen molar-refractivity contribution in [3.63, 3.8) is 0 Å². The van der Waals surface area contributed by atoms with Crippen LogP contribution in [0, 0.1) is 15.9 Å². The number of benzene rings is 1. The summed E-state index contributed by atoms with van der Waals surface area (Å²) in [7, 11) is 0. The number of amides is 3. The minimum atomic E-state index is -0.914. The van der Waals surface area contributed by atoms with Gasteiger partial charge in [0.25, 0.3) is 11.6 Å². The Balaban J connectivity index is 2.08. The van der Waals surface area contributed by atoms with Gasteiger partial charge < -0.3 is 20.6 Å². The van der Waals surface area contributed by atoms with Gasteiger partial charge in [-0.2, -0.15) is 0 Å². The van der Waals surface area contributed by atoms with Crippen molar-refractivity contribution in [2.24, 2.45) is 0 Å². The summed E-state index contributed by atoms with van der Waals surface area (Å²) in [6.07, 6.45) is 1.20. The number of nitro groups is 1. The Kier molecular flexibility index (Phi) is 7.59. The van der Waals surface area contributed by atoms with E-state index in [9.17, 15) is 28.9 Å². The Morgan fingerprint density at radius 3 is 2.79 bits per heavy atom. The van der Waals surface area contributed by atoms with E-state index in [4.69, 9.17) is 5.11 Å². The van der Waals surface area contributed by atoms with E-state index in [1.165, 1.54) is 6.92 Å². The van der Waals surface area contributed by atoms with Crippen molar-refractivity contribution in [1.82, 2.24) is 15.5 Å². The van der Waals surface area contributed by atoms with E-state index in [1.807, 2.05) is 0 Å². The molecule has 1 aliphatic rings. The molecule has 0 bridgehead atoms. The highest BCUT2D eigenvalue weighted by molar-refractivity contribution is 5.99. The Bertz CT molecular complexity index is 803. The van der Waals surface area contributed by atoms with Gasteiger partial charge in [-0.15, -0.1) is 0 Å². The lowest BCUT2D eigenvalue weighted by Gasteiger charge is -2.25. The summed E-state index contributed by atoms with van der Waals surface area (Å²) in [6, 6.07) is 0.872. The molecule has 0 unspecified atom stereocenters. The fraction of sp³-hybridized carbons (Fsp3) is 0.500. The van der Waals surface area contributed by atoms with Gasteiger partial charge in [-0.3, -0.25) is 24.5 Å². The summed E-state index contributed by atoms with van der Waals surface area (Å²) >= 11 is 0. The van der Waals surface area contributed by atoms with E-state index in [2.05, 4.69) is 10.6 Å². The second-order valence-corrected chi connectivity index (χ2v) is 6.68. The Labute approximate surface area is 166 Å². The monoisotopic (exact) mass is 410 g/mol. The molecule has 0 aromatic heterocycles. The first-order chi connectivity index (χ1) is 13.8. The lowest BCUT2D eigenvalue weighted by atomic mass is 10.1. The summed E-state index contributed by atoms with van der Waals surface area (Å²) in [5.41, 5.74) is -0.906. The maximum absolute atomic E-state index is 14.1. The quantitative estimate of drug-likeness (QED) is 0.321. The van der Waals surface area contributed by atoms with Crippen LogP contribution in [0.4, 0.5) is 10.1 Å². The predicted molar refractivity (Wildman–Crippen MR) is 99.4 cm³/mol. The van der Waals surface area contributed by atoms with E-state index in [0.717, 1.165) is 23.1 Å². The van der Waals surface area contributed by atoms with Gasteiger partial charge >= 0.3 is 0 Å². The maximum atomic E-state index is 14.1. The number of hydrogen-bond acceptors (Lipinski definition) is 6. The molecule has 1 saturated heterocycles. The molecule has 11 heteroatoms. The summed E-state index contributed by atoms with van der Waals surface area (Å²) in [6.45, 7) is 1.85. The molecule has 1 heterocycles. The highest BCUT2D eigenvalue weighted by Crippen LogP contribution is 2.24. The van der Waals surface area contributed by atoms with Crippen molar-refractivity contribution in [2.45, 2.75) is 38.3 Å². The number of rotatable bonds is 8. The van der Waals surface area contributed by atoms with Gasteiger partial charge in [0.15, 0.2) is 0 Å². The van der Waals surface area contributed by atoms with Crippen LogP contribution in [-0.4, -0.2) is 64.4 Å². The molecular weight excluding hydrogens is 387 g/mol. The van der Waals surface area contributed by atoms with Gasteiger partial charge in [0, 0.05) is 31.8 Å². The average Bonchev–Trinajstić information content (AvgIpc) is 3.17. The van der Waals surface area contributed by atoms with Crippen molar-refractivity contribution in [1.29, 1.82) is 0 Å². The van der Waals surface area contributed by atoms with Crippen LogP contribution >= 0.6 is 0 Å². The topological polar surface area (TPSA) is 142 Å². The first-order valence-corrected chi connectivity index (χ1v) is 9.20. The minimum absolute atomic E-state index is 0.0750. The number of likely N-dealkylation sites (tertiary alicyclic amines) is 1. The fourth-order valence-electron chi connectivity index (χ4n) is 3.05. The number of carbonyl (C=O) groups is 3. The molecule has 2 atom stereocenters. The molecule has 29 heavy (non-hydrogen) atoms. The number of aliphatic hydroxyl groups is 1. The summed E-state index contributed by atoms with van der Waals surface area (Å²) < 4.78 is 14.1. The van der Waals surface area contributed by atoms with Crippen LogP contribution in [0.25, 0.3) is 0 Å². The molecule has 1 fully saturated rings. The van der Waals surface area contributed by atoms with Gasteiger partial charge in [0.1, 0.15) is 17.9 Å². The molecule has 0 radical (unpaired) electrons. The first kappa shape index (κ1) is 22.2. The number of carbonyl (C=O) groups excluding carboxylic acids is 3. The lowest BCUT2D eigenvalue weighted by Crippen LogP contribution is -2.52. The van der Waals surface area contributed by atoms with Crippen molar-refractivity contribution in [3.8, 4) is 0 Å². The van der Waals surface area contributed by atoms with Crippen LogP contribution < -0.4 is 10.6 Å². The maximum Gasteiger partial charge on any atom is 0.270 e. The SMILES string of the molecule is C[C@H](NC(=O)[C@@H]1CCCN1C(=O)c1cc([N+](=O)[O-])ccc1F)C(=O)NCCCO. The third-order valence-corrected chi connectivity index (χ3v) is 4.59. The molecule has 158 valence electrons. The minimum Gasteiger partial charge on any atom is -0.396 e. The van der Waals surface area contributed by atoms with E-state index in [0.29, 0.717) is 19.3 Å². The largest absolute Gasteiger partial charge is 0.396 e. The third kappa shape index (κ3) is 5.47. The zero-order chi connectivity index (χ0) is 21.6. The number of non-ortho nitro benzene ring substituents is 1. The predicted octanol–water partition coefficient (Wildman–Crippen LogP) is 0.342. The van der Waals surface area contributed by atoms with Crippen molar-refractivity contribution >= 4 is 23.4 Å². The molecule has 1 aliphatic heterocycles. The highest BCUT2D eigenvalue weighted by Gasteiger charge is 2.36. The Morgan fingerprint density at radius 1 is 1.41 bits per heavy atom. The smallest absolute Gasteiger partial charge is 0.270 e. The number of aliphatic hydroxyl groups excluding tert-OH is 1.